The van der Waals surface area contributed by atoms with Gasteiger partial charge in [0.15, 0.2) is 0 Å². The Labute approximate surface area is 133 Å². The summed E-state index contributed by atoms with van der Waals surface area (Å²) in [5.41, 5.74) is -1.84. The highest BCUT2D eigenvalue weighted by molar-refractivity contribution is 6.62. The Morgan fingerprint density at radius 2 is 1.95 bits per heavy atom. The fourth-order valence-electron chi connectivity index (χ4n) is 1.71. The van der Waals surface area contributed by atoms with Crippen molar-refractivity contribution in [3.05, 3.63) is 24.2 Å². The van der Waals surface area contributed by atoms with Crippen molar-refractivity contribution >= 4 is 12.6 Å². The molecule has 0 atom stereocenters. The Kier molecular flexibility index (Phi) is 1.62. The summed E-state index contributed by atoms with van der Waals surface area (Å²) in [6, 6.07) is -2.50. The Balaban J connectivity index is 2.12. The van der Waals surface area contributed by atoms with E-state index in [-0.39, 0.29) is 5.46 Å². The average molecular weight is 285 g/mol. The maximum Gasteiger partial charge on any atom is 0.494 e. The van der Waals surface area contributed by atoms with Gasteiger partial charge in [0.25, 0.3) is 0 Å². The predicted octanol–water partition coefficient (Wildman–Crippen LogP) is 1.76. The average Bonchev–Trinajstić information content (AvgIpc) is 2.75. The second kappa shape index (κ2) is 4.76. The minimum absolute atomic E-state index is 0.218. The van der Waals surface area contributed by atoms with E-state index in [1.807, 2.05) is 0 Å². The lowest BCUT2D eigenvalue weighted by atomic mass is 9.79. The molecule has 2 aliphatic heterocycles. The lowest BCUT2D eigenvalue weighted by molar-refractivity contribution is -0.0796. The molecule has 0 N–H and O–H groups in total. The van der Waals surface area contributed by atoms with Gasteiger partial charge in [0.2, 0.25) is 0 Å². The molecule has 2 aliphatic rings. The van der Waals surface area contributed by atoms with Crippen LogP contribution in [0.1, 0.15) is 40.0 Å². The van der Waals surface area contributed by atoms with Crippen molar-refractivity contribution in [2.45, 2.75) is 45.0 Å². The van der Waals surface area contributed by atoms with E-state index >= 15 is 0 Å². The van der Waals surface area contributed by atoms with Gasteiger partial charge < -0.3 is 18.8 Å². The van der Waals surface area contributed by atoms with E-state index in [0.29, 0.717) is 0 Å². The molecular formula is C15H21BO4. The van der Waals surface area contributed by atoms with Crippen LogP contribution in [0, 0.1) is 0 Å². The van der Waals surface area contributed by atoms with E-state index < -0.39 is 67.4 Å². The van der Waals surface area contributed by atoms with Crippen molar-refractivity contribution < 1.29 is 31.1 Å². The van der Waals surface area contributed by atoms with Gasteiger partial charge in [0, 0.05) is 0 Å². The summed E-state index contributed by atoms with van der Waals surface area (Å²) in [6.07, 6.45) is -2.92. The van der Waals surface area contributed by atoms with Crippen LogP contribution in [0.2, 0.25) is 0 Å². The summed E-state index contributed by atoms with van der Waals surface area (Å²) in [7, 11) is -1.24. The maximum atomic E-state index is 8.41. The first kappa shape index (κ1) is 6.82. The first-order chi connectivity index (χ1) is 12.9. The van der Waals surface area contributed by atoms with Crippen LogP contribution in [0.15, 0.2) is 24.2 Å². The molecule has 4 nitrogen and oxygen atoms in total. The normalized spacial score (nSPS) is 37.6. The molecule has 1 aromatic rings. The highest BCUT2D eigenvalue weighted by atomic mass is 16.7. The number of benzene rings is 1. The molecule has 1 aromatic carbocycles. The third-order valence-corrected chi connectivity index (χ3v) is 3.60. The summed E-state index contributed by atoms with van der Waals surface area (Å²) >= 11 is 0. The molecule has 2 fully saturated rings. The second-order valence-electron chi connectivity index (χ2n) is 5.57. The molecule has 20 heavy (non-hydrogen) atoms. The SMILES string of the molecule is [2H]c1c([2H])c(OC2([2H])C([2H])([2H])OC2([2H])[2H])c([2H])c(B2OC(C)(C)C(C)(C)O2)c1[2H]. The first-order valence-corrected chi connectivity index (χ1v) is 6.23. The molecule has 0 radical (unpaired) electrons. The summed E-state index contributed by atoms with van der Waals surface area (Å²) in [4.78, 5) is 0. The molecule has 0 aliphatic carbocycles. The zero-order valence-corrected chi connectivity index (χ0v) is 11.7. The van der Waals surface area contributed by atoms with Crippen LogP contribution in [0.3, 0.4) is 0 Å². The van der Waals surface area contributed by atoms with Crippen molar-refractivity contribution in [3.8, 4) is 5.75 Å². The van der Waals surface area contributed by atoms with Gasteiger partial charge in [0.05, 0.1) is 36.7 Å². The van der Waals surface area contributed by atoms with E-state index in [1.165, 1.54) is 0 Å². The highest BCUT2D eigenvalue weighted by Gasteiger charge is 2.51. The van der Waals surface area contributed by atoms with Crippen molar-refractivity contribution in [2.24, 2.45) is 0 Å². The molecule has 5 heteroatoms. The van der Waals surface area contributed by atoms with Gasteiger partial charge in [0.1, 0.15) is 11.8 Å². The van der Waals surface area contributed by atoms with Crippen LogP contribution >= 0.6 is 0 Å². The van der Waals surface area contributed by atoms with Crippen LogP contribution in [0.25, 0.3) is 0 Å². The van der Waals surface area contributed by atoms with Crippen molar-refractivity contribution in [3.63, 3.8) is 0 Å². The van der Waals surface area contributed by atoms with Gasteiger partial charge in [-0.2, -0.15) is 0 Å². The number of ether oxygens (including phenoxy) is 2. The van der Waals surface area contributed by atoms with Gasteiger partial charge in [-0.15, -0.1) is 0 Å². The Hall–Kier alpha value is -1.04. The fourth-order valence-corrected chi connectivity index (χ4v) is 1.71. The van der Waals surface area contributed by atoms with E-state index in [0.717, 1.165) is 0 Å². The second-order valence-corrected chi connectivity index (χ2v) is 5.57. The van der Waals surface area contributed by atoms with Crippen LogP contribution in [-0.4, -0.2) is 37.5 Å². The van der Waals surface area contributed by atoms with Crippen molar-refractivity contribution in [1.29, 1.82) is 0 Å². The monoisotopic (exact) mass is 285 g/mol. The molecule has 0 amide bonds. The smallest absolute Gasteiger partial charge is 0.486 e. The molecule has 0 spiro atoms. The lowest BCUT2D eigenvalue weighted by Crippen LogP contribution is -2.41. The molecule has 2 saturated heterocycles. The van der Waals surface area contributed by atoms with Gasteiger partial charge in [-0.05, 0) is 45.2 Å². The van der Waals surface area contributed by atoms with E-state index in [2.05, 4.69) is 4.74 Å². The fraction of sp³-hybridized carbons (Fsp3) is 0.600. The zero-order chi connectivity index (χ0) is 22.4. The number of hydrogen-bond donors (Lipinski definition) is 0. The Bertz CT molecular complexity index is 844. The predicted molar refractivity (Wildman–Crippen MR) is 77.4 cm³/mol. The quantitative estimate of drug-likeness (QED) is 0.793. The van der Waals surface area contributed by atoms with E-state index in [9.17, 15) is 0 Å². The zero-order valence-electron chi connectivity index (χ0n) is 20.7. The molecule has 0 unspecified atom stereocenters. The number of hydrogen-bond acceptors (Lipinski definition) is 4. The van der Waals surface area contributed by atoms with Crippen LogP contribution in [-0.2, 0) is 14.0 Å². The van der Waals surface area contributed by atoms with Gasteiger partial charge in [-0.25, -0.2) is 0 Å². The van der Waals surface area contributed by atoms with Crippen molar-refractivity contribution in [2.75, 3.05) is 13.1 Å². The molecular weight excluding hydrogens is 255 g/mol. The van der Waals surface area contributed by atoms with Crippen LogP contribution < -0.4 is 10.2 Å². The van der Waals surface area contributed by atoms with Crippen LogP contribution in [0.5, 0.6) is 5.75 Å². The van der Waals surface area contributed by atoms with E-state index in [1.54, 1.807) is 27.7 Å². The van der Waals surface area contributed by atoms with E-state index in [4.69, 9.17) is 26.4 Å². The summed E-state index contributed by atoms with van der Waals surface area (Å²) in [5, 5.41) is 0. The maximum absolute atomic E-state index is 8.41. The Morgan fingerprint density at radius 3 is 2.55 bits per heavy atom. The molecule has 108 valence electrons. The van der Waals surface area contributed by atoms with Crippen LogP contribution in [0.4, 0.5) is 0 Å². The van der Waals surface area contributed by atoms with Gasteiger partial charge in [-0.1, -0.05) is 12.1 Å². The highest BCUT2D eigenvalue weighted by Crippen LogP contribution is 2.36. The minimum Gasteiger partial charge on any atom is -0.486 e. The third-order valence-electron chi connectivity index (χ3n) is 3.60. The minimum atomic E-state index is -2.92. The lowest BCUT2D eigenvalue weighted by Gasteiger charge is -2.32. The standard InChI is InChI=1S/C15H21BO4/c1-14(2)15(3,4)20-16(19-14)11-6-5-7-12(8-11)18-13-9-17-10-13/h5-8,13H,9-10H2,1-4H3/i5D,6D,7D,8D,9D2,10D2,13D. The molecule has 3 rings (SSSR count). The Morgan fingerprint density at radius 1 is 1.30 bits per heavy atom. The molecule has 0 saturated carbocycles. The number of rotatable bonds is 3. The van der Waals surface area contributed by atoms with Gasteiger partial charge >= 0.3 is 7.12 Å². The first-order valence-electron chi connectivity index (χ1n) is 10.7. The largest absolute Gasteiger partial charge is 0.494 e. The molecule has 2 heterocycles. The molecule has 0 bridgehead atoms. The van der Waals surface area contributed by atoms with Crippen molar-refractivity contribution in [1.82, 2.24) is 0 Å². The third kappa shape index (κ3) is 2.46. The topological polar surface area (TPSA) is 36.9 Å². The molecule has 0 aromatic heterocycles. The summed E-state index contributed by atoms with van der Waals surface area (Å²) in [6.45, 7) is 1.30. The van der Waals surface area contributed by atoms with Gasteiger partial charge in [-0.3, -0.25) is 0 Å². The summed E-state index contributed by atoms with van der Waals surface area (Å²) < 4.78 is 92.5. The summed E-state index contributed by atoms with van der Waals surface area (Å²) in [5.74, 6) is -0.721.